The van der Waals surface area contributed by atoms with Crippen LogP contribution in [0.3, 0.4) is 0 Å². The summed E-state index contributed by atoms with van der Waals surface area (Å²) in [7, 11) is 0. The minimum atomic E-state index is -1.21. The first-order chi connectivity index (χ1) is 8.37. The summed E-state index contributed by atoms with van der Waals surface area (Å²) in [5.41, 5.74) is 0.430. The molecular weight excluding hydrogens is 232 g/mol. The minimum Gasteiger partial charge on any atom is -0.480 e. The second kappa shape index (κ2) is 5.62. The molecule has 5 nitrogen and oxygen atoms in total. The fourth-order valence-corrected chi connectivity index (χ4v) is 1.43. The van der Waals surface area contributed by atoms with E-state index in [-0.39, 0.29) is 12.3 Å². The van der Waals surface area contributed by atoms with E-state index in [4.69, 9.17) is 5.11 Å². The summed E-state index contributed by atoms with van der Waals surface area (Å²) < 4.78 is 0. The Hall–Kier alpha value is -1.91. The van der Waals surface area contributed by atoms with E-state index in [1.807, 2.05) is 19.1 Å². The molecule has 1 aromatic heterocycles. The lowest BCUT2D eigenvalue weighted by atomic mass is 9.98. The number of hydrogen-bond donors (Lipinski definition) is 2. The first-order valence-electron chi connectivity index (χ1n) is 5.83. The highest BCUT2D eigenvalue weighted by molar-refractivity contribution is 5.87. The molecule has 1 aromatic rings. The van der Waals surface area contributed by atoms with Crippen LogP contribution in [-0.2, 0) is 16.0 Å². The van der Waals surface area contributed by atoms with Gasteiger partial charge in [-0.15, -0.1) is 0 Å². The highest BCUT2D eigenvalue weighted by Crippen LogP contribution is 2.10. The maximum atomic E-state index is 11.8. The van der Waals surface area contributed by atoms with E-state index >= 15 is 0 Å². The van der Waals surface area contributed by atoms with Crippen LogP contribution in [0.25, 0.3) is 0 Å². The first kappa shape index (κ1) is 14.2. The van der Waals surface area contributed by atoms with E-state index in [0.717, 1.165) is 11.3 Å². The number of carbonyl (C=O) groups excluding carboxylic acids is 1. The number of aliphatic carboxylic acids is 1. The predicted molar refractivity (Wildman–Crippen MR) is 67.2 cm³/mol. The van der Waals surface area contributed by atoms with Crippen LogP contribution in [0.5, 0.6) is 0 Å². The zero-order valence-electron chi connectivity index (χ0n) is 10.9. The maximum absolute atomic E-state index is 11.8. The molecule has 0 aliphatic heterocycles. The van der Waals surface area contributed by atoms with Gasteiger partial charge in [-0.25, -0.2) is 4.79 Å². The van der Waals surface area contributed by atoms with Crippen molar-refractivity contribution in [3.8, 4) is 0 Å². The highest BCUT2D eigenvalue weighted by Gasteiger charge is 2.32. The molecular formula is C13H18N2O3. The van der Waals surface area contributed by atoms with Gasteiger partial charge in [-0.1, -0.05) is 13.0 Å². The van der Waals surface area contributed by atoms with Crippen molar-refractivity contribution in [2.45, 2.75) is 39.2 Å². The summed E-state index contributed by atoms with van der Waals surface area (Å²) in [5, 5.41) is 11.6. The minimum absolute atomic E-state index is 0.135. The normalized spacial score (nSPS) is 13.7. The molecule has 18 heavy (non-hydrogen) atoms. The Morgan fingerprint density at radius 1 is 1.44 bits per heavy atom. The third-order valence-corrected chi connectivity index (χ3v) is 2.93. The summed E-state index contributed by atoms with van der Waals surface area (Å²) in [6.45, 7) is 5.09. The van der Waals surface area contributed by atoms with Crippen LogP contribution >= 0.6 is 0 Å². The second-order valence-electron chi connectivity index (χ2n) is 4.52. The molecule has 0 aliphatic carbocycles. The van der Waals surface area contributed by atoms with E-state index in [2.05, 4.69) is 10.3 Å². The molecule has 0 radical (unpaired) electrons. The zero-order chi connectivity index (χ0) is 13.8. The molecule has 0 aromatic carbocycles. The van der Waals surface area contributed by atoms with Gasteiger partial charge in [-0.2, -0.15) is 0 Å². The van der Waals surface area contributed by atoms with Crippen molar-refractivity contribution in [2.75, 3.05) is 0 Å². The molecule has 1 rings (SSSR count). The molecule has 1 heterocycles. The van der Waals surface area contributed by atoms with Crippen molar-refractivity contribution < 1.29 is 14.7 Å². The molecule has 0 saturated carbocycles. The van der Waals surface area contributed by atoms with E-state index in [1.54, 1.807) is 13.1 Å². The molecule has 1 unspecified atom stereocenters. The van der Waals surface area contributed by atoms with Crippen LogP contribution in [0.4, 0.5) is 0 Å². The number of nitrogens with one attached hydrogen (secondary N) is 1. The molecule has 1 atom stereocenters. The molecule has 0 saturated heterocycles. The van der Waals surface area contributed by atoms with Gasteiger partial charge in [0.05, 0.1) is 6.42 Å². The van der Waals surface area contributed by atoms with Crippen LogP contribution in [0.2, 0.25) is 0 Å². The van der Waals surface area contributed by atoms with Crippen molar-refractivity contribution >= 4 is 11.9 Å². The lowest BCUT2D eigenvalue weighted by molar-refractivity contribution is -0.146. The van der Waals surface area contributed by atoms with Crippen LogP contribution in [0, 0.1) is 6.92 Å². The average molecular weight is 250 g/mol. The Labute approximate surface area is 106 Å². The van der Waals surface area contributed by atoms with Gasteiger partial charge in [-0.3, -0.25) is 9.78 Å². The number of carboxylic acids is 1. The number of pyridine rings is 1. The molecule has 2 N–H and O–H groups in total. The Morgan fingerprint density at radius 3 is 2.56 bits per heavy atom. The number of rotatable bonds is 5. The number of nitrogens with zero attached hydrogens (tertiary/aromatic N) is 1. The van der Waals surface area contributed by atoms with Crippen molar-refractivity contribution in [2.24, 2.45) is 0 Å². The van der Waals surface area contributed by atoms with Gasteiger partial charge >= 0.3 is 5.97 Å². The fourth-order valence-electron chi connectivity index (χ4n) is 1.43. The van der Waals surface area contributed by atoms with Gasteiger partial charge in [0, 0.05) is 11.9 Å². The molecule has 0 aliphatic rings. The van der Waals surface area contributed by atoms with E-state index in [1.165, 1.54) is 6.92 Å². The second-order valence-corrected chi connectivity index (χ2v) is 4.52. The number of aromatic nitrogens is 1. The monoisotopic (exact) mass is 250 g/mol. The Morgan fingerprint density at radius 2 is 2.11 bits per heavy atom. The van der Waals surface area contributed by atoms with Gasteiger partial charge in [0.15, 0.2) is 0 Å². The predicted octanol–water partition coefficient (Wildman–Crippen LogP) is 1.30. The Balaban J connectivity index is 2.66. The Kier molecular flexibility index (Phi) is 4.42. The van der Waals surface area contributed by atoms with Crippen LogP contribution in [0.1, 0.15) is 31.5 Å². The topological polar surface area (TPSA) is 79.3 Å². The number of hydrogen-bond acceptors (Lipinski definition) is 3. The summed E-state index contributed by atoms with van der Waals surface area (Å²) in [4.78, 5) is 26.9. The standard InChI is InChI=1S/C13H18N2O3/c1-4-13(3,12(17)18)15-11(16)7-10-6-5-9(2)14-8-10/h5-6,8H,4,7H2,1-3H3,(H,15,16)(H,17,18). The van der Waals surface area contributed by atoms with Crippen molar-refractivity contribution in [1.29, 1.82) is 0 Å². The van der Waals surface area contributed by atoms with Crippen molar-refractivity contribution in [1.82, 2.24) is 10.3 Å². The van der Waals surface area contributed by atoms with E-state index in [0.29, 0.717) is 6.42 Å². The lowest BCUT2D eigenvalue weighted by Crippen LogP contribution is -2.52. The van der Waals surface area contributed by atoms with E-state index in [9.17, 15) is 9.59 Å². The number of amides is 1. The maximum Gasteiger partial charge on any atom is 0.329 e. The third kappa shape index (κ3) is 3.55. The molecule has 98 valence electrons. The first-order valence-corrected chi connectivity index (χ1v) is 5.83. The van der Waals surface area contributed by atoms with Gasteiger partial charge in [0.25, 0.3) is 0 Å². The number of carbonyl (C=O) groups is 2. The van der Waals surface area contributed by atoms with Gasteiger partial charge in [-0.05, 0) is 31.9 Å². The summed E-state index contributed by atoms with van der Waals surface area (Å²) in [6, 6.07) is 3.63. The lowest BCUT2D eigenvalue weighted by Gasteiger charge is -2.24. The van der Waals surface area contributed by atoms with E-state index < -0.39 is 11.5 Å². The van der Waals surface area contributed by atoms with Crippen LogP contribution in [0.15, 0.2) is 18.3 Å². The molecule has 5 heteroatoms. The molecule has 0 bridgehead atoms. The smallest absolute Gasteiger partial charge is 0.329 e. The molecule has 0 fully saturated rings. The molecule has 1 amide bonds. The molecule has 0 spiro atoms. The number of aryl methyl sites for hydroxylation is 1. The summed E-state index contributed by atoms with van der Waals surface area (Å²) in [6.07, 6.45) is 2.09. The largest absolute Gasteiger partial charge is 0.480 e. The van der Waals surface area contributed by atoms with Gasteiger partial charge in [0.1, 0.15) is 5.54 Å². The fraction of sp³-hybridized carbons (Fsp3) is 0.462. The summed E-state index contributed by atoms with van der Waals surface area (Å²) >= 11 is 0. The number of carboxylic acid groups (broad SMARTS) is 1. The van der Waals surface area contributed by atoms with Crippen LogP contribution < -0.4 is 5.32 Å². The Bertz CT molecular complexity index is 442. The highest BCUT2D eigenvalue weighted by atomic mass is 16.4. The average Bonchev–Trinajstić information content (AvgIpc) is 2.31. The van der Waals surface area contributed by atoms with Crippen LogP contribution in [-0.4, -0.2) is 27.5 Å². The quantitative estimate of drug-likeness (QED) is 0.825. The summed E-state index contributed by atoms with van der Waals surface area (Å²) in [5.74, 6) is -1.34. The van der Waals surface area contributed by atoms with Gasteiger partial charge in [0.2, 0.25) is 5.91 Å². The zero-order valence-corrected chi connectivity index (χ0v) is 10.9. The van der Waals surface area contributed by atoms with Gasteiger partial charge < -0.3 is 10.4 Å². The van der Waals surface area contributed by atoms with Crippen molar-refractivity contribution in [3.63, 3.8) is 0 Å². The third-order valence-electron chi connectivity index (χ3n) is 2.93. The SMILES string of the molecule is CCC(C)(NC(=O)Cc1ccc(C)nc1)C(=O)O. The van der Waals surface area contributed by atoms with Crippen molar-refractivity contribution in [3.05, 3.63) is 29.6 Å².